The summed E-state index contributed by atoms with van der Waals surface area (Å²) >= 11 is 0. The van der Waals surface area contributed by atoms with E-state index in [2.05, 4.69) is 128 Å². The summed E-state index contributed by atoms with van der Waals surface area (Å²) in [4.78, 5) is 10.3. The Morgan fingerprint density at radius 2 is 1.30 bits per heavy atom. The number of fused-ring (bicyclic) bond motifs is 1. The van der Waals surface area contributed by atoms with Crippen LogP contribution in [0.2, 0.25) is 0 Å². The summed E-state index contributed by atoms with van der Waals surface area (Å²) in [5, 5.41) is 4.37. The molecule has 0 aliphatic rings. The highest BCUT2D eigenvalue weighted by Crippen LogP contribution is 2.41. The minimum absolute atomic E-state index is 0.306. The number of hydrogen-bond acceptors (Lipinski definition) is 3. The second kappa shape index (κ2) is 11.4. The van der Waals surface area contributed by atoms with Crippen LogP contribution in [0.5, 0.6) is 0 Å². The van der Waals surface area contributed by atoms with Crippen LogP contribution in [0, 0.1) is 0 Å². The number of rotatable bonds is 7. The third-order valence-electron chi connectivity index (χ3n) is 8.21. The molecule has 0 aliphatic heterocycles. The van der Waals surface area contributed by atoms with Crippen LogP contribution in [-0.4, -0.2) is 24.3 Å². The molecule has 5 heteroatoms. The van der Waals surface area contributed by atoms with Gasteiger partial charge in [-0.1, -0.05) is 100 Å². The van der Waals surface area contributed by atoms with E-state index in [1.807, 2.05) is 30.5 Å². The van der Waals surface area contributed by atoms with Crippen molar-refractivity contribution in [2.75, 3.05) is 0 Å². The Morgan fingerprint density at radius 3 is 1.95 bits per heavy atom. The second-order valence-electron chi connectivity index (χ2n) is 11.8. The maximum atomic E-state index is 5.37. The number of hydrogen-bond donors (Lipinski definition) is 0. The number of nitrogens with zero attached hydrogens (tertiary/aromatic N) is 5. The first kappa shape index (κ1) is 27.5. The van der Waals surface area contributed by atoms with E-state index in [-0.39, 0.29) is 0 Å². The van der Waals surface area contributed by atoms with Crippen molar-refractivity contribution in [1.29, 1.82) is 0 Å². The fourth-order valence-corrected chi connectivity index (χ4v) is 6.01. The summed E-state index contributed by atoms with van der Waals surface area (Å²) in [7, 11) is 0. The molecule has 7 rings (SSSR count). The third kappa shape index (κ3) is 5.01. The van der Waals surface area contributed by atoms with E-state index >= 15 is 0 Å². The topological polar surface area (TPSA) is 48.5 Å². The molecule has 0 aliphatic carbocycles. The van der Waals surface area contributed by atoms with Crippen molar-refractivity contribution in [1.82, 2.24) is 24.3 Å². The maximum Gasteiger partial charge on any atom is 0.153 e. The monoisotopic (exact) mass is 573 g/mol. The summed E-state index contributed by atoms with van der Waals surface area (Å²) in [6, 6.07) is 40.4. The Bertz CT molecular complexity index is 2020. The van der Waals surface area contributed by atoms with Gasteiger partial charge in [0.1, 0.15) is 5.82 Å². The fourth-order valence-electron chi connectivity index (χ4n) is 6.01. The number of imidazole rings is 1. The highest BCUT2D eigenvalue weighted by molar-refractivity contribution is 5.89. The molecule has 0 saturated carbocycles. The molecule has 216 valence electrons. The van der Waals surface area contributed by atoms with Crippen LogP contribution in [0.1, 0.15) is 50.7 Å². The largest absolute Gasteiger partial charge is 0.292 e. The summed E-state index contributed by atoms with van der Waals surface area (Å²) in [6.07, 6.45) is 3.68. The molecule has 4 aromatic carbocycles. The lowest BCUT2D eigenvalue weighted by atomic mass is 9.85. The van der Waals surface area contributed by atoms with Gasteiger partial charge in [-0.25, -0.2) is 14.6 Å². The van der Waals surface area contributed by atoms with Gasteiger partial charge in [-0.2, -0.15) is 5.10 Å². The highest BCUT2D eigenvalue weighted by atomic mass is 15.3. The normalized spacial score (nSPS) is 11.6. The van der Waals surface area contributed by atoms with Crippen LogP contribution in [0.3, 0.4) is 0 Å². The van der Waals surface area contributed by atoms with Crippen molar-refractivity contribution in [3.63, 3.8) is 0 Å². The van der Waals surface area contributed by atoms with Crippen LogP contribution in [0.15, 0.2) is 128 Å². The molecule has 0 unspecified atom stereocenters. The van der Waals surface area contributed by atoms with Gasteiger partial charge < -0.3 is 0 Å². The third-order valence-corrected chi connectivity index (χ3v) is 8.21. The Morgan fingerprint density at radius 1 is 0.591 bits per heavy atom. The molecule has 3 aromatic heterocycles. The van der Waals surface area contributed by atoms with Gasteiger partial charge in [-0.3, -0.25) is 4.57 Å². The van der Waals surface area contributed by atoms with E-state index in [0.717, 1.165) is 39.6 Å². The van der Waals surface area contributed by atoms with Gasteiger partial charge in [0.25, 0.3) is 0 Å². The van der Waals surface area contributed by atoms with Gasteiger partial charge in [-0.15, -0.1) is 0 Å². The first-order valence-corrected chi connectivity index (χ1v) is 15.3. The van der Waals surface area contributed by atoms with Crippen molar-refractivity contribution >= 4 is 11.0 Å². The number of aromatic nitrogens is 5. The van der Waals surface area contributed by atoms with E-state index in [4.69, 9.17) is 9.97 Å². The highest BCUT2D eigenvalue weighted by Gasteiger charge is 2.24. The van der Waals surface area contributed by atoms with Crippen LogP contribution in [0.25, 0.3) is 56.3 Å². The van der Waals surface area contributed by atoms with Crippen molar-refractivity contribution in [2.45, 2.75) is 39.5 Å². The van der Waals surface area contributed by atoms with Crippen LogP contribution >= 0.6 is 0 Å². The molecule has 5 nitrogen and oxygen atoms in total. The molecule has 0 bridgehead atoms. The van der Waals surface area contributed by atoms with Crippen molar-refractivity contribution in [2.24, 2.45) is 0 Å². The predicted octanol–water partition coefficient (Wildman–Crippen LogP) is 9.85. The summed E-state index contributed by atoms with van der Waals surface area (Å²) in [5.74, 6) is 2.36. The summed E-state index contributed by atoms with van der Waals surface area (Å²) in [6.45, 7) is 9.13. The number of pyridine rings is 1. The molecular formula is C39H35N5. The van der Waals surface area contributed by atoms with Gasteiger partial charge in [0.05, 0.1) is 16.7 Å². The maximum absolute atomic E-state index is 5.37. The quantitative estimate of drug-likeness (QED) is 0.191. The zero-order chi connectivity index (χ0) is 30.2. The standard InChI is InChI=1S/C39H35N5/c1-26(2)32-23-30(28-13-7-5-8-14-28)24-33(27(3)4)38(32)39-42-35-20-19-29(25-36(35)44(39)31-15-9-6-10-16-31)34-17-11-18-37(41-34)43-22-12-21-40-43/h5-27H,1-4H3. The molecule has 0 amide bonds. The van der Waals surface area contributed by atoms with Gasteiger partial charge in [0.2, 0.25) is 0 Å². The Kier molecular flexibility index (Phi) is 7.15. The molecule has 0 radical (unpaired) electrons. The zero-order valence-electron chi connectivity index (χ0n) is 25.5. The summed E-state index contributed by atoms with van der Waals surface area (Å²) < 4.78 is 4.11. The van der Waals surface area contributed by atoms with E-state index in [1.165, 1.54) is 27.8 Å². The Hall–Kier alpha value is -5.29. The van der Waals surface area contributed by atoms with Crippen LogP contribution in [-0.2, 0) is 0 Å². The Balaban J connectivity index is 1.48. The zero-order valence-corrected chi connectivity index (χ0v) is 25.5. The second-order valence-corrected chi connectivity index (χ2v) is 11.8. The lowest BCUT2D eigenvalue weighted by molar-refractivity contribution is 0.833. The molecule has 7 aromatic rings. The van der Waals surface area contributed by atoms with Gasteiger partial charge in [-0.05, 0) is 76.6 Å². The van der Waals surface area contributed by atoms with Crippen molar-refractivity contribution in [3.8, 4) is 45.3 Å². The molecule has 3 heterocycles. The molecule has 44 heavy (non-hydrogen) atoms. The average Bonchev–Trinajstić information content (AvgIpc) is 3.73. The average molecular weight is 574 g/mol. The fraction of sp³-hybridized carbons (Fsp3) is 0.154. The molecule has 0 fully saturated rings. The molecule has 0 spiro atoms. The van der Waals surface area contributed by atoms with E-state index in [1.54, 1.807) is 10.9 Å². The van der Waals surface area contributed by atoms with E-state index < -0.39 is 0 Å². The Labute approximate surface area is 258 Å². The molecule has 0 saturated heterocycles. The molecule has 0 atom stereocenters. The lowest BCUT2D eigenvalue weighted by Gasteiger charge is -2.22. The van der Waals surface area contributed by atoms with E-state index in [9.17, 15) is 0 Å². The predicted molar refractivity (Wildman–Crippen MR) is 180 cm³/mol. The smallest absolute Gasteiger partial charge is 0.153 e. The minimum Gasteiger partial charge on any atom is -0.292 e. The minimum atomic E-state index is 0.306. The molecular weight excluding hydrogens is 538 g/mol. The SMILES string of the molecule is CC(C)c1cc(-c2ccccc2)cc(C(C)C)c1-c1nc2ccc(-c3cccc(-n4cccn4)n3)cc2n1-c1ccccc1. The van der Waals surface area contributed by atoms with Crippen LogP contribution < -0.4 is 0 Å². The van der Waals surface area contributed by atoms with Gasteiger partial charge in [0.15, 0.2) is 5.82 Å². The molecule has 0 N–H and O–H groups in total. The van der Waals surface area contributed by atoms with Crippen molar-refractivity contribution in [3.05, 3.63) is 139 Å². The lowest BCUT2D eigenvalue weighted by Crippen LogP contribution is -2.06. The van der Waals surface area contributed by atoms with Crippen molar-refractivity contribution < 1.29 is 0 Å². The first-order valence-electron chi connectivity index (χ1n) is 15.3. The number of para-hydroxylation sites is 1. The van der Waals surface area contributed by atoms with Gasteiger partial charge in [0, 0.05) is 29.2 Å². The number of benzene rings is 4. The summed E-state index contributed by atoms with van der Waals surface area (Å²) in [5.41, 5.74) is 11.3. The van der Waals surface area contributed by atoms with E-state index in [0.29, 0.717) is 11.8 Å². The van der Waals surface area contributed by atoms with Gasteiger partial charge >= 0.3 is 0 Å². The first-order chi connectivity index (χ1) is 21.5. The van der Waals surface area contributed by atoms with Crippen LogP contribution in [0.4, 0.5) is 0 Å².